The van der Waals surface area contributed by atoms with Gasteiger partial charge in [0.25, 0.3) is 5.91 Å². The molecular weight excluding hydrogens is 400 g/mol. The first kappa shape index (κ1) is 21.0. The SMILES string of the molecule is C#CCN1C[C@H]2C[C@@]2(c2ccc(-c3cnc(N)c(C(=O)N[C@H]4CC[C@H](O)CC4)c3)cc2)C1. The number of terminal acetylenes is 1. The zero-order chi connectivity index (χ0) is 22.3. The normalized spacial score (nSPS) is 29.2. The number of rotatable bonds is 5. The van der Waals surface area contributed by atoms with E-state index in [9.17, 15) is 9.90 Å². The predicted molar refractivity (Wildman–Crippen MR) is 125 cm³/mol. The molecule has 6 nitrogen and oxygen atoms in total. The van der Waals surface area contributed by atoms with E-state index >= 15 is 0 Å². The highest BCUT2D eigenvalue weighted by atomic mass is 16.3. The molecule has 1 aromatic carbocycles. The van der Waals surface area contributed by atoms with Crippen molar-refractivity contribution in [3.05, 3.63) is 47.7 Å². The number of hydrogen-bond acceptors (Lipinski definition) is 5. The molecule has 0 spiro atoms. The molecule has 1 amide bonds. The van der Waals surface area contributed by atoms with Crippen LogP contribution in [0.4, 0.5) is 5.82 Å². The Kier molecular flexibility index (Phi) is 5.40. The lowest BCUT2D eigenvalue weighted by atomic mass is 9.92. The second kappa shape index (κ2) is 8.23. The number of pyridine rings is 1. The topological polar surface area (TPSA) is 91.5 Å². The number of likely N-dealkylation sites (tertiary alicyclic amines) is 1. The van der Waals surface area contributed by atoms with Crippen molar-refractivity contribution in [3.8, 4) is 23.5 Å². The third-order valence-electron chi connectivity index (χ3n) is 7.52. The first-order chi connectivity index (χ1) is 15.5. The molecule has 2 heterocycles. The fourth-order valence-corrected chi connectivity index (χ4v) is 5.58. The van der Waals surface area contributed by atoms with Crippen LogP contribution >= 0.6 is 0 Å². The summed E-state index contributed by atoms with van der Waals surface area (Å²) in [4.78, 5) is 19.5. The largest absolute Gasteiger partial charge is 0.393 e. The monoisotopic (exact) mass is 430 g/mol. The van der Waals surface area contributed by atoms with Gasteiger partial charge in [0.2, 0.25) is 0 Å². The van der Waals surface area contributed by atoms with Gasteiger partial charge in [0.05, 0.1) is 18.2 Å². The van der Waals surface area contributed by atoms with Gasteiger partial charge in [-0.3, -0.25) is 9.69 Å². The number of piperidine rings is 1. The highest BCUT2D eigenvalue weighted by molar-refractivity contribution is 5.99. The number of carbonyl (C=O) groups excluding carboxylic acids is 1. The number of aromatic nitrogens is 1. The minimum atomic E-state index is -0.253. The zero-order valence-corrected chi connectivity index (χ0v) is 18.3. The Labute approximate surface area is 189 Å². The van der Waals surface area contributed by atoms with Gasteiger partial charge in [-0.05, 0) is 55.2 Å². The zero-order valence-electron chi connectivity index (χ0n) is 18.3. The fourth-order valence-electron chi connectivity index (χ4n) is 5.58. The standard InChI is InChI=1S/C26H30N4O2/c1-2-11-30-15-20-13-26(20,16-30)19-5-3-17(4-6-19)18-12-23(24(27)28-14-18)25(32)29-21-7-9-22(31)10-8-21/h1,3-6,12,14,20-22,31H,7-11,13,15-16H2,(H2,27,28)(H,29,32)/t20-,21-,22-,26+/m1/s1. The van der Waals surface area contributed by atoms with E-state index in [2.05, 4.69) is 45.4 Å². The van der Waals surface area contributed by atoms with Gasteiger partial charge in [-0.25, -0.2) is 4.98 Å². The van der Waals surface area contributed by atoms with Gasteiger partial charge in [0.15, 0.2) is 0 Å². The molecule has 32 heavy (non-hydrogen) atoms. The number of carbonyl (C=O) groups is 1. The van der Waals surface area contributed by atoms with Crippen LogP contribution in [0.25, 0.3) is 11.1 Å². The highest BCUT2D eigenvalue weighted by Gasteiger charge is 2.60. The minimum Gasteiger partial charge on any atom is -0.393 e. The van der Waals surface area contributed by atoms with Crippen LogP contribution in [0, 0.1) is 18.3 Å². The Morgan fingerprint density at radius 3 is 2.72 bits per heavy atom. The molecule has 2 aromatic rings. The number of benzene rings is 1. The van der Waals surface area contributed by atoms with Gasteiger partial charge >= 0.3 is 0 Å². The van der Waals surface area contributed by atoms with Gasteiger partial charge in [0, 0.05) is 36.3 Å². The van der Waals surface area contributed by atoms with Crippen LogP contribution in [0.1, 0.15) is 48.0 Å². The maximum Gasteiger partial charge on any atom is 0.255 e. The summed E-state index contributed by atoms with van der Waals surface area (Å²) in [5.74, 6) is 3.50. The number of nitrogens with two attached hydrogens (primary N) is 1. The molecule has 2 saturated carbocycles. The van der Waals surface area contributed by atoms with Gasteiger partial charge in [-0.1, -0.05) is 30.2 Å². The molecule has 2 aliphatic carbocycles. The Morgan fingerprint density at radius 1 is 1.25 bits per heavy atom. The molecule has 1 aromatic heterocycles. The molecular formula is C26H30N4O2. The number of aliphatic hydroxyl groups is 1. The van der Waals surface area contributed by atoms with E-state index in [1.54, 1.807) is 6.20 Å². The molecule has 3 fully saturated rings. The van der Waals surface area contributed by atoms with Crippen molar-refractivity contribution in [2.45, 2.75) is 49.7 Å². The van der Waals surface area contributed by atoms with Crippen molar-refractivity contribution in [1.29, 1.82) is 0 Å². The molecule has 166 valence electrons. The van der Waals surface area contributed by atoms with Gasteiger partial charge in [-0.2, -0.15) is 0 Å². The minimum absolute atomic E-state index is 0.0689. The van der Waals surface area contributed by atoms with Crippen molar-refractivity contribution in [2.24, 2.45) is 5.92 Å². The number of amides is 1. The van der Waals surface area contributed by atoms with Crippen molar-refractivity contribution in [3.63, 3.8) is 0 Å². The Bertz CT molecular complexity index is 1050. The Morgan fingerprint density at radius 2 is 2.00 bits per heavy atom. The molecule has 1 saturated heterocycles. The van der Waals surface area contributed by atoms with E-state index in [1.165, 1.54) is 12.0 Å². The quantitative estimate of drug-likeness (QED) is 0.634. The lowest BCUT2D eigenvalue weighted by molar-refractivity contribution is 0.0868. The molecule has 0 bridgehead atoms. The van der Waals surface area contributed by atoms with Crippen molar-refractivity contribution >= 4 is 11.7 Å². The number of aliphatic hydroxyl groups excluding tert-OH is 1. The summed E-state index contributed by atoms with van der Waals surface area (Å²) in [6, 6.07) is 10.5. The summed E-state index contributed by atoms with van der Waals surface area (Å²) in [5.41, 5.74) is 9.95. The first-order valence-corrected chi connectivity index (χ1v) is 11.5. The van der Waals surface area contributed by atoms with Crippen LogP contribution in [0.3, 0.4) is 0 Å². The van der Waals surface area contributed by atoms with E-state index in [1.807, 2.05) is 6.07 Å². The second-order valence-electron chi connectivity index (χ2n) is 9.64. The third kappa shape index (κ3) is 3.87. The van der Waals surface area contributed by atoms with Crippen LogP contribution in [-0.4, -0.2) is 52.7 Å². The lowest BCUT2D eigenvalue weighted by Crippen LogP contribution is -2.38. The van der Waals surface area contributed by atoms with E-state index in [0.717, 1.165) is 43.6 Å². The number of fused-ring (bicyclic) bond motifs is 1. The number of hydrogen-bond donors (Lipinski definition) is 3. The molecule has 0 unspecified atom stereocenters. The average Bonchev–Trinajstić information content (AvgIpc) is 3.37. The third-order valence-corrected chi connectivity index (χ3v) is 7.52. The smallest absolute Gasteiger partial charge is 0.255 e. The van der Waals surface area contributed by atoms with E-state index < -0.39 is 0 Å². The van der Waals surface area contributed by atoms with E-state index in [-0.39, 0.29) is 29.3 Å². The lowest BCUT2D eigenvalue weighted by Gasteiger charge is -2.26. The highest BCUT2D eigenvalue weighted by Crippen LogP contribution is 2.59. The number of nitrogens with zero attached hydrogens (tertiary/aromatic N) is 2. The fraction of sp³-hybridized carbons (Fsp3) is 0.462. The van der Waals surface area contributed by atoms with Crippen LogP contribution in [0.5, 0.6) is 0 Å². The second-order valence-corrected chi connectivity index (χ2v) is 9.64. The van der Waals surface area contributed by atoms with Gasteiger partial charge < -0.3 is 16.2 Å². The summed E-state index contributed by atoms with van der Waals surface area (Å²) in [7, 11) is 0. The molecule has 1 aliphatic heterocycles. The maximum atomic E-state index is 12.8. The van der Waals surface area contributed by atoms with Gasteiger partial charge in [0.1, 0.15) is 5.82 Å². The molecule has 2 atom stereocenters. The Balaban J connectivity index is 1.30. The Hall–Kier alpha value is -2.88. The van der Waals surface area contributed by atoms with Crippen molar-refractivity contribution < 1.29 is 9.90 Å². The van der Waals surface area contributed by atoms with E-state index in [4.69, 9.17) is 12.2 Å². The summed E-state index contributed by atoms with van der Waals surface area (Å²) in [6.07, 6.45) is 11.2. The predicted octanol–water partition coefficient (Wildman–Crippen LogP) is 2.57. The molecule has 3 aliphatic rings. The van der Waals surface area contributed by atoms with Crippen LogP contribution < -0.4 is 11.1 Å². The summed E-state index contributed by atoms with van der Waals surface area (Å²) >= 11 is 0. The van der Waals surface area contributed by atoms with Crippen LogP contribution in [-0.2, 0) is 5.41 Å². The van der Waals surface area contributed by atoms with Crippen LogP contribution in [0.15, 0.2) is 36.5 Å². The molecule has 4 N–H and O–H groups in total. The summed E-state index contributed by atoms with van der Waals surface area (Å²) in [6.45, 7) is 2.85. The molecule has 6 heteroatoms. The number of anilines is 1. The van der Waals surface area contributed by atoms with Crippen molar-refractivity contribution in [1.82, 2.24) is 15.2 Å². The summed E-state index contributed by atoms with van der Waals surface area (Å²) in [5, 5.41) is 12.7. The number of nitrogen functional groups attached to an aromatic ring is 1. The van der Waals surface area contributed by atoms with Crippen LogP contribution in [0.2, 0.25) is 0 Å². The van der Waals surface area contributed by atoms with Gasteiger partial charge in [-0.15, -0.1) is 6.42 Å². The molecule has 5 rings (SSSR count). The summed E-state index contributed by atoms with van der Waals surface area (Å²) < 4.78 is 0. The van der Waals surface area contributed by atoms with Crippen molar-refractivity contribution in [2.75, 3.05) is 25.4 Å². The first-order valence-electron chi connectivity index (χ1n) is 11.5. The number of nitrogens with one attached hydrogen (secondary N) is 1. The maximum absolute atomic E-state index is 12.8. The average molecular weight is 431 g/mol. The van der Waals surface area contributed by atoms with E-state index in [0.29, 0.717) is 24.3 Å². The molecule has 0 radical (unpaired) electrons.